The highest BCUT2D eigenvalue weighted by atomic mass is 16.3. The predicted octanol–water partition coefficient (Wildman–Crippen LogP) is -0.983. The number of ketones is 3. The Morgan fingerprint density at radius 1 is 1.08 bits per heavy atom. The van der Waals surface area contributed by atoms with Gasteiger partial charge in [-0.25, -0.2) is 0 Å². The third-order valence-corrected chi connectivity index (χ3v) is 2.11. The Bertz CT molecular complexity index is 221. The van der Waals surface area contributed by atoms with Gasteiger partial charge in [0.1, 0.15) is 6.23 Å². The lowest BCUT2D eigenvalue weighted by Gasteiger charge is -2.27. The van der Waals surface area contributed by atoms with Gasteiger partial charge in [0.05, 0.1) is 0 Å². The fourth-order valence-corrected chi connectivity index (χ4v) is 1.37. The number of aliphatic hydroxyl groups is 1. The fourth-order valence-electron chi connectivity index (χ4n) is 1.37. The summed E-state index contributed by atoms with van der Waals surface area (Å²) in [5.41, 5.74) is 2.98. The molecule has 0 heterocycles. The molecule has 0 fully saturated rings. The van der Waals surface area contributed by atoms with E-state index in [-0.39, 0.29) is 0 Å². The third-order valence-electron chi connectivity index (χ3n) is 2.11. The SMILES string of the molecule is CC(=O)C(C(C)=O)(C(C)=O)C(N)O. The molecule has 5 nitrogen and oxygen atoms in total. The molecule has 0 amide bonds. The van der Waals surface area contributed by atoms with E-state index < -0.39 is 29.0 Å². The summed E-state index contributed by atoms with van der Waals surface area (Å²) < 4.78 is 0. The number of hydrogen-bond acceptors (Lipinski definition) is 5. The summed E-state index contributed by atoms with van der Waals surface area (Å²) in [7, 11) is 0. The van der Waals surface area contributed by atoms with E-state index in [1.807, 2.05) is 0 Å². The molecule has 0 aromatic rings. The van der Waals surface area contributed by atoms with Crippen LogP contribution in [0.2, 0.25) is 0 Å². The number of hydrogen-bond donors (Lipinski definition) is 2. The quantitative estimate of drug-likeness (QED) is 0.435. The smallest absolute Gasteiger partial charge is 0.183 e. The highest BCUT2D eigenvalue weighted by Gasteiger charge is 2.50. The zero-order chi connectivity index (χ0) is 10.8. The molecule has 74 valence electrons. The van der Waals surface area contributed by atoms with Gasteiger partial charge in [-0.05, 0) is 20.8 Å². The number of carbonyl (C=O) groups is 3. The molecule has 0 aliphatic rings. The first kappa shape index (κ1) is 11.9. The second kappa shape index (κ2) is 3.76. The van der Waals surface area contributed by atoms with Crippen molar-refractivity contribution in [2.75, 3.05) is 0 Å². The van der Waals surface area contributed by atoms with E-state index in [1.54, 1.807) is 0 Å². The first-order valence-corrected chi connectivity index (χ1v) is 3.74. The first-order chi connectivity index (χ1) is 5.77. The van der Waals surface area contributed by atoms with E-state index in [9.17, 15) is 14.4 Å². The van der Waals surface area contributed by atoms with Crippen LogP contribution in [0.1, 0.15) is 20.8 Å². The van der Waals surface area contributed by atoms with E-state index in [4.69, 9.17) is 10.8 Å². The molecule has 1 unspecified atom stereocenters. The van der Waals surface area contributed by atoms with Crippen LogP contribution in [0.4, 0.5) is 0 Å². The van der Waals surface area contributed by atoms with Crippen LogP contribution in [-0.2, 0) is 14.4 Å². The van der Waals surface area contributed by atoms with Crippen molar-refractivity contribution in [3.8, 4) is 0 Å². The molecule has 0 aromatic carbocycles. The summed E-state index contributed by atoms with van der Waals surface area (Å²) >= 11 is 0. The molecule has 0 rings (SSSR count). The van der Waals surface area contributed by atoms with Gasteiger partial charge in [-0.15, -0.1) is 0 Å². The molecule has 3 N–H and O–H groups in total. The van der Waals surface area contributed by atoms with Crippen LogP contribution in [-0.4, -0.2) is 28.7 Å². The summed E-state index contributed by atoms with van der Waals surface area (Å²) in [6.07, 6.45) is -1.78. The molecule has 0 radical (unpaired) electrons. The molecule has 0 aromatic heterocycles. The van der Waals surface area contributed by atoms with Crippen LogP contribution in [0.25, 0.3) is 0 Å². The van der Waals surface area contributed by atoms with Gasteiger partial charge in [0.2, 0.25) is 0 Å². The minimum atomic E-state index is -2.08. The second-order valence-corrected chi connectivity index (χ2v) is 2.92. The van der Waals surface area contributed by atoms with Crippen molar-refractivity contribution < 1.29 is 19.5 Å². The van der Waals surface area contributed by atoms with Crippen LogP contribution in [0.15, 0.2) is 0 Å². The maximum atomic E-state index is 11.1. The highest BCUT2D eigenvalue weighted by molar-refractivity contribution is 6.23. The molecular formula is C8H13NO4. The second-order valence-electron chi connectivity index (χ2n) is 2.92. The lowest BCUT2D eigenvalue weighted by Crippen LogP contribution is -2.56. The summed E-state index contributed by atoms with van der Waals surface area (Å²) in [6.45, 7) is 3.16. The van der Waals surface area contributed by atoms with Gasteiger partial charge in [-0.3, -0.25) is 14.4 Å². The number of aliphatic hydroxyl groups excluding tert-OH is 1. The molecule has 5 heteroatoms. The monoisotopic (exact) mass is 187 g/mol. The van der Waals surface area contributed by atoms with Crippen molar-refractivity contribution >= 4 is 17.3 Å². The Morgan fingerprint density at radius 2 is 1.31 bits per heavy atom. The number of rotatable bonds is 4. The summed E-state index contributed by atoms with van der Waals surface area (Å²) in [6, 6.07) is 0. The van der Waals surface area contributed by atoms with Crippen molar-refractivity contribution in [1.82, 2.24) is 0 Å². The molecule has 0 aliphatic heterocycles. The summed E-state index contributed by atoms with van der Waals surface area (Å²) in [5.74, 6) is -2.20. The zero-order valence-electron chi connectivity index (χ0n) is 7.83. The van der Waals surface area contributed by atoms with E-state index in [0.29, 0.717) is 0 Å². The molecule has 0 saturated carbocycles. The summed E-state index contributed by atoms with van der Waals surface area (Å²) in [5, 5.41) is 9.09. The molecule has 0 bridgehead atoms. The molecule has 0 aliphatic carbocycles. The molecule has 13 heavy (non-hydrogen) atoms. The van der Waals surface area contributed by atoms with Gasteiger partial charge in [0.15, 0.2) is 22.8 Å². The average Bonchev–Trinajstić information content (AvgIpc) is 1.82. The van der Waals surface area contributed by atoms with Crippen molar-refractivity contribution in [3.05, 3.63) is 0 Å². The van der Waals surface area contributed by atoms with Crippen LogP contribution in [0.5, 0.6) is 0 Å². The lowest BCUT2D eigenvalue weighted by molar-refractivity contribution is -0.154. The maximum absolute atomic E-state index is 11.1. The maximum Gasteiger partial charge on any atom is 0.183 e. The third kappa shape index (κ3) is 1.66. The van der Waals surface area contributed by atoms with Crippen LogP contribution < -0.4 is 5.73 Å². The van der Waals surface area contributed by atoms with Gasteiger partial charge < -0.3 is 10.8 Å². The topological polar surface area (TPSA) is 97.5 Å². The average molecular weight is 187 g/mol. The van der Waals surface area contributed by atoms with E-state index in [2.05, 4.69) is 0 Å². The molecule has 1 atom stereocenters. The Morgan fingerprint density at radius 3 is 1.31 bits per heavy atom. The normalized spacial score (nSPS) is 13.6. The van der Waals surface area contributed by atoms with Crippen LogP contribution in [0, 0.1) is 5.41 Å². The van der Waals surface area contributed by atoms with Gasteiger partial charge in [0.25, 0.3) is 0 Å². The van der Waals surface area contributed by atoms with Crippen molar-refractivity contribution in [2.24, 2.45) is 11.1 Å². The summed E-state index contributed by atoms with van der Waals surface area (Å²) in [4.78, 5) is 33.3. The zero-order valence-corrected chi connectivity index (χ0v) is 7.83. The lowest BCUT2D eigenvalue weighted by atomic mass is 9.75. The Balaban J connectivity index is 5.46. The highest BCUT2D eigenvalue weighted by Crippen LogP contribution is 2.23. The largest absolute Gasteiger partial charge is 0.377 e. The Kier molecular flexibility index (Phi) is 3.45. The van der Waals surface area contributed by atoms with Crippen LogP contribution in [0.3, 0.4) is 0 Å². The number of Topliss-reactive ketones (excluding diaryl/α,β-unsaturated/α-hetero) is 3. The molecule has 0 saturated heterocycles. The minimum Gasteiger partial charge on any atom is -0.377 e. The van der Waals surface area contributed by atoms with Crippen molar-refractivity contribution in [3.63, 3.8) is 0 Å². The first-order valence-electron chi connectivity index (χ1n) is 3.74. The van der Waals surface area contributed by atoms with E-state index >= 15 is 0 Å². The number of carbonyl (C=O) groups excluding carboxylic acids is 3. The van der Waals surface area contributed by atoms with Gasteiger partial charge in [0, 0.05) is 0 Å². The van der Waals surface area contributed by atoms with Crippen LogP contribution >= 0.6 is 0 Å². The Hall–Kier alpha value is -1.07. The molecule has 0 spiro atoms. The predicted molar refractivity (Wildman–Crippen MR) is 44.7 cm³/mol. The van der Waals surface area contributed by atoms with Gasteiger partial charge >= 0.3 is 0 Å². The van der Waals surface area contributed by atoms with Gasteiger partial charge in [-0.1, -0.05) is 0 Å². The Labute approximate surface area is 75.9 Å². The fraction of sp³-hybridized carbons (Fsp3) is 0.625. The standard InChI is InChI=1S/C8H13NO4/c1-4(10)8(5(2)11,6(3)12)7(9)13/h7,13H,9H2,1-3H3. The number of nitrogens with two attached hydrogens (primary N) is 1. The van der Waals surface area contributed by atoms with Crippen molar-refractivity contribution in [2.45, 2.75) is 27.0 Å². The minimum absolute atomic E-state index is 0.734. The van der Waals surface area contributed by atoms with Gasteiger partial charge in [-0.2, -0.15) is 0 Å². The van der Waals surface area contributed by atoms with E-state index in [1.165, 1.54) is 0 Å². The van der Waals surface area contributed by atoms with E-state index in [0.717, 1.165) is 20.8 Å². The van der Waals surface area contributed by atoms with Crippen molar-refractivity contribution in [1.29, 1.82) is 0 Å². The molecular weight excluding hydrogens is 174 g/mol.